The molecule has 0 radical (unpaired) electrons. The van der Waals surface area contributed by atoms with Gasteiger partial charge in [-0.25, -0.2) is 0 Å². The molecule has 0 atom stereocenters. The van der Waals surface area contributed by atoms with Crippen molar-refractivity contribution >= 4 is 0 Å². The van der Waals surface area contributed by atoms with Crippen LogP contribution in [0.3, 0.4) is 0 Å². The van der Waals surface area contributed by atoms with Crippen LogP contribution in [0.2, 0.25) is 0 Å². The number of ether oxygens (including phenoxy) is 1. The molecule has 11 heavy (non-hydrogen) atoms. The second kappa shape index (κ2) is 3.05. The molecule has 0 aliphatic carbocycles. The maximum Gasteiger partial charge on any atom is 0.303 e. The van der Waals surface area contributed by atoms with Gasteiger partial charge in [0, 0.05) is 12.1 Å². The van der Waals surface area contributed by atoms with Gasteiger partial charge < -0.3 is 9.94 Å². The van der Waals surface area contributed by atoms with Gasteiger partial charge in [0.25, 0.3) is 0 Å². The maximum absolute atomic E-state index is 10.6. The van der Waals surface area contributed by atoms with Gasteiger partial charge in [0.1, 0.15) is 0 Å². The van der Waals surface area contributed by atoms with Crippen LogP contribution in [0.1, 0.15) is 6.92 Å². The highest BCUT2D eigenvalue weighted by Gasteiger charge is 1.96. The molecule has 1 rings (SSSR count). The summed E-state index contributed by atoms with van der Waals surface area (Å²) in [7, 11) is 0. The van der Waals surface area contributed by atoms with Crippen molar-refractivity contribution in [2.24, 2.45) is 0 Å². The smallest absolute Gasteiger partial charge is 0.303 e. The monoisotopic (exact) mass is 156 g/mol. The molecule has 0 aliphatic rings. The molecule has 0 amide bonds. The van der Waals surface area contributed by atoms with Gasteiger partial charge in [-0.2, -0.15) is 0 Å². The fourth-order valence-electron chi connectivity index (χ4n) is 0.610. The van der Waals surface area contributed by atoms with Crippen molar-refractivity contribution in [2.45, 2.75) is 6.92 Å². The molecule has 1 aromatic heterocycles. The van der Waals surface area contributed by atoms with Crippen LogP contribution >= 0.6 is 0 Å². The van der Waals surface area contributed by atoms with Crippen molar-refractivity contribution < 1.29 is 9.94 Å². The SMILES string of the molecule is CCOc1ccc(=O)n(O)n1. The second-order valence-electron chi connectivity index (χ2n) is 1.83. The highest BCUT2D eigenvalue weighted by Crippen LogP contribution is 1.98. The minimum Gasteiger partial charge on any atom is -0.477 e. The Morgan fingerprint density at radius 1 is 1.73 bits per heavy atom. The summed E-state index contributed by atoms with van der Waals surface area (Å²) in [6, 6.07) is 2.58. The molecular weight excluding hydrogens is 148 g/mol. The van der Waals surface area contributed by atoms with Crippen LogP contribution in [-0.4, -0.2) is 21.8 Å². The third-order valence-corrected chi connectivity index (χ3v) is 1.05. The molecule has 0 aromatic carbocycles. The Balaban J connectivity index is 2.96. The van der Waals surface area contributed by atoms with Crippen molar-refractivity contribution in [3.63, 3.8) is 0 Å². The predicted octanol–water partition coefficient (Wildman–Crippen LogP) is -0.121. The van der Waals surface area contributed by atoms with E-state index >= 15 is 0 Å². The topological polar surface area (TPSA) is 64.3 Å². The van der Waals surface area contributed by atoms with Crippen LogP contribution in [0.25, 0.3) is 0 Å². The first kappa shape index (κ1) is 7.59. The lowest BCUT2D eigenvalue weighted by atomic mass is 10.5. The van der Waals surface area contributed by atoms with Crippen LogP contribution in [0.5, 0.6) is 5.88 Å². The quantitative estimate of drug-likeness (QED) is 0.606. The van der Waals surface area contributed by atoms with Crippen molar-refractivity contribution in [1.82, 2.24) is 9.94 Å². The van der Waals surface area contributed by atoms with Gasteiger partial charge in [0.15, 0.2) is 0 Å². The molecule has 1 heterocycles. The molecular formula is C6H8N2O3. The molecule has 0 aliphatic heterocycles. The average molecular weight is 156 g/mol. The lowest BCUT2D eigenvalue weighted by Crippen LogP contribution is -2.19. The van der Waals surface area contributed by atoms with Crippen molar-refractivity contribution in [3.05, 3.63) is 22.5 Å². The maximum atomic E-state index is 10.6. The van der Waals surface area contributed by atoms with Crippen LogP contribution in [0.4, 0.5) is 0 Å². The van der Waals surface area contributed by atoms with E-state index in [2.05, 4.69) is 5.10 Å². The summed E-state index contributed by atoms with van der Waals surface area (Å²) in [5.41, 5.74) is -0.576. The molecule has 5 nitrogen and oxygen atoms in total. The van der Waals surface area contributed by atoms with E-state index in [1.165, 1.54) is 12.1 Å². The summed E-state index contributed by atoms with van der Waals surface area (Å²) in [5, 5.41) is 12.1. The van der Waals surface area contributed by atoms with Crippen molar-refractivity contribution in [3.8, 4) is 5.88 Å². The Morgan fingerprint density at radius 2 is 2.45 bits per heavy atom. The van der Waals surface area contributed by atoms with Gasteiger partial charge in [-0.05, 0) is 6.92 Å². The Labute approximate surface area is 62.8 Å². The zero-order valence-corrected chi connectivity index (χ0v) is 6.02. The molecule has 0 fully saturated rings. The number of hydrogen-bond donors (Lipinski definition) is 1. The minimum absolute atomic E-state index is 0.231. The zero-order chi connectivity index (χ0) is 8.27. The number of aromatic nitrogens is 2. The molecule has 0 spiro atoms. The molecule has 0 saturated heterocycles. The number of rotatable bonds is 2. The Hall–Kier alpha value is -1.52. The van der Waals surface area contributed by atoms with E-state index < -0.39 is 5.56 Å². The Bertz CT molecular complexity index is 294. The van der Waals surface area contributed by atoms with Gasteiger partial charge in [0.05, 0.1) is 6.61 Å². The summed E-state index contributed by atoms with van der Waals surface area (Å²) < 4.78 is 4.91. The fourth-order valence-corrected chi connectivity index (χ4v) is 0.610. The molecule has 0 saturated carbocycles. The summed E-state index contributed by atoms with van der Waals surface area (Å²) in [6.45, 7) is 2.24. The molecule has 1 N–H and O–H groups in total. The second-order valence-corrected chi connectivity index (χ2v) is 1.83. The first-order chi connectivity index (χ1) is 5.24. The highest BCUT2D eigenvalue weighted by molar-refractivity contribution is 5.05. The molecule has 0 unspecified atom stereocenters. The van der Waals surface area contributed by atoms with Gasteiger partial charge >= 0.3 is 5.56 Å². The Morgan fingerprint density at radius 3 is 3.00 bits per heavy atom. The zero-order valence-electron chi connectivity index (χ0n) is 6.02. The van der Waals surface area contributed by atoms with Crippen molar-refractivity contribution in [1.29, 1.82) is 0 Å². The average Bonchev–Trinajstić information content (AvgIpc) is 1.98. The van der Waals surface area contributed by atoms with E-state index in [0.717, 1.165) is 0 Å². The minimum atomic E-state index is -0.576. The summed E-state index contributed by atoms with van der Waals surface area (Å²) >= 11 is 0. The van der Waals surface area contributed by atoms with E-state index in [1.807, 2.05) is 0 Å². The standard InChI is InChI=1S/C6H8N2O3/c1-2-11-5-3-4-6(9)8(10)7-5/h3-4,10H,2H2,1H3. The van der Waals surface area contributed by atoms with E-state index in [1.54, 1.807) is 6.92 Å². The Kier molecular flexibility index (Phi) is 2.10. The fraction of sp³-hybridized carbons (Fsp3) is 0.333. The van der Waals surface area contributed by atoms with E-state index in [-0.39, 0.29) is 10.7 Å². The largest absolute Gasteiger partial charge is 0.477 e. The number of nitrogens with zero attached hydrogens (tertiary/aromatic N) is 2. The highest BCUT2D eigenvalue weighted by atomic mass is 16.5. The molecule has 5 heteroatoms. The number of hydrogen-bond acceptors (Lipinski definition) is 4. The third kappa shape index (κ3) is 1.70. The summed E-state index contributed by atoms with van der Waals surface area (Å²) in [4.78, 5) is 10.8. The van der Waals surface area contributed by atoms with Crippen LogP contribution in [0, 0.1) is 0 Å². The molecule has 1 aromatic rings. The normalized spacial score (nSPS) is 9.55. The van der Waals surface area contributed by atoms with Gasteiger partial charge in [-0.1, -0.05) is 9.94 Å². The van der Waals surface area contributed by atoms with Gasteiger partial charge in [-0.3, -0.25) is 4.79 Å². The molecule has 60 valence electrons. The van der Waals surface area contributed by atoms with Gasteiger partial charge in [-0.15, -0.1) is 0 Å². The van der Waals surface area contributed by atoms with Crippen LogP contribution in [-0.2, 0) is 0 Å². The first-order valence-corrected chi connectivity index (χ1v) is 3.16. The first-order valence-electron chi connectivity index (χ1n) is 3.16. The summed E-state index contributed by atoms with van der Waals surface area (Å²) in [6.07, 6.45) is 0. The van der Waals surface area contributed by atoms with Crippen LogP contribution < -0.4 is 10.3 Å². The lowest BCUT2D eigenvalue weighted by molar-refractivity contribution is 0.125. The molecule has 0 bridgehead atoms. The third-order valence-electron chi connectivity index (χ3n) is 1.05. The van der Waals surface area contributed by atoms with E-state index in [9.17, 15) is 4.79 Å². The van der Waals surface area contributed by atoms with Gasteiger partial charge in [0.2, 0.25) is 5.88 Å². The van der Waals surface area contributed by atoms with E-state index in [4.69, 9.17) is 9.94 Å². The van der Waals surface area contributed by atoms with Crippen molar-refractivity contribution in [2.75, 3.05) is 6.61 Å². The summed E-state index contributed by atoms with van der Waals surface area (Å²) in [5.74, 6) is 0.231. The predicted molar refractivity (Wildman–Crippen MR) is 36.9 cm³/mol. The lowest BCUT2D eigenvalue weighted by Gasteiger charge is -2.00. The van der Waals surface area contributed by atoms with Crippen LogP contribution in [0.15, 0.2) is 16.9 Å². The van der Waals surface area contributed by atoms with E-state index in [0.29, 0.717) is 6.61 Å².